The van der Waals surface area contributed by atoms with Gasteiger partial charge in [-0.05, 0) is 0 Å². The number of hydrogen-bond acceptors (Lipinski definition) is 3. The molecule has 0 fully saturated rings. The van der Waals surface area contributed by atoms with Gasteiger partial charge in [0.2, 0.25) is 5.27 Å². The Labute approximate surface area is 64.3 Å². The Balaban J connectivity index is 2.70. The van der Waals surface area contributed by atoms with E-state index in [-0.39, 0.29) is 5.88 Å². The van der Waals surface area contributed by atoms with Crippen molar-refractivity contribution in [1.29, 1.82) is 0 Å². The van der Waals surface area contributed by atoms with Crippen LogP contribution in [0, 0.1) is 12.3 Å². The maximum Gasteiger partial charge on any atom is 0.256 e. The SMILES string of the molecule is C#CCN(C)[n+]1cc([NH-])on1. The normalized spacial score (nSPS) is 9.09. The van der Waals surface area contributed by atoms with Crippen molar-refractivity contribution in [3.8, 4) is 12.3 Å². The molecule has 1 aromatic heterocycles. The smallest absolute Gasteiger partial charge is 0.256 e. The minimum absolute atomic E-state index is 0.00821. The van der Waals surface area contributed by atoms with Crippen molar-refractivity contribution >= 4 is 5.88 Å². The van der Waals surface area contributed by atoms with Crippen LogP contribution in [-0.4, -0.2) is 18.9 Å². The van der Waals surface area contributed by atoms with Gasteiger partial charge in [0.05, 0.1) is 11.8 Å². The molecule has 0 aromatic carbocycles. The van der Waals surface area contributed by atoms with Crippen molar-refractivity contribution in [3.63, 3.8) is 0 Å². The summed E-state index contributed by atoms with van der Waals surface area (Å²) in [5.74, 6) is 2.45. The summed E-state index contributed by atoms with van der Waals surface area (Å²) in [4.78, 5) is 1.38. The minimum atomic E-state index is 0.00821. The number of rotatable bonds is 2. The quantitative estimate of drug-likeness (QED) is 0.437. The van der Waals surface area contributed by atoms with Crippen LogP contribution in [0.5, 0.6) is 0 Å². The Kier molecular flexibility index (Phi) is 1.97. The third-order valence-electron chi connectivity index (χ3n) is 1.13. The Morgan fingerprint density at radius 1 is 2.00 bits per heavy atom. The van der Waals surface area contributed by atoms with Gasteiger partial charge in [-0.3, -0.25) is 0 Å². The van der Waals surface area contributed by atoms with Crippen LogP contribution >= 0.6 is 0 Å². The number of terminal acetylenes is 1. The molecular formula is C6H8N4O. The molecule has 1 rings (SSSR count). The summed E-state index contributed by atoms with van der Waals surface area (Å²) in [6, 6.07) is 0. The molecular weight excluding hydrogens is 144 g/mol. The van der Waals surface area contributed by atoms with Gasteiger partial charge in [-0.2, -0.15) is 0 Å². The maximum absolute atomic E-state index is 7.01. The van der Waals surface area contributed by atoms with E-state index >= 15 is 0 Å². The van der Waals surface area contributed by atoms with Crippen LogP contribution in [0.2, 0.25) is 0 Å². The highest BCUT2D eigenvalue weighted by Gasteiger charge is 2.09. The van der Waals surface area contributed by atoms with Crippen molar-refractivity contribution in [3.05, 3.63) is 11.9 Å². The molecule has 0 aliphatic rings. The number of nitrogens with zero attached hydrogens (tertiary/aromatic N) is 3. The highest BCUT2D eigenvalue weighted by Crippen LogP contribution is 2.00. The van der Waals surface area contributed by atoms with E-state index in [2.05, 4.69) is 15.7 Å². The highest BCUT2D eigenvalue weighted by atomic mass is 16.5. The topological polar surface area (TPSA) is 57.0 Å². The number of nitrogens with one attached hydrogen (secondary N) is 1. The van der Waals surface area contributed by atoms with Gasteiger partial charge < -0.3 is 10.3 Å². The average molecular weight is 152 g/mol. The summed E-state index contributed by atoms with van der Waals surface area (Å²) in [6.07, 6.45) is 6.49. The molecule has 0 atom stereocenters. The monoisotopic (exact) mass is 152 g/mol. The van der Waals surface area contributed by atoms with Gasteiger partial charge in [0.15, 0.2) is 0 Å². The Bertz CT molecular complexity index is 274. The second-order valence-electron chi connectivity index (χ2n) is 2.01. The first kappa shape index (κ1) is 7.41. The zero-order chi connectivity index (χ0) is 8.27. The molecule has 5 heteroatoms. The molecule has 0 bridgehead atoms. The van der Waals surface area contributed by atoms with Crippen LogP contribution in [0.15, 0.2) is 10.7 Å². The van der Waals surface area contributed by atoms with Crippen LogP contribution in [-0.2, 0) is 0 Å². The first-order valence-electron chi connectivity index (χ1n) is 2.99. The molecule has 1 aromatic rings. The van der Waals surface area contributed by atoms with Gasteiger partial charge in [-0.15, -0.1) is 11.4 Å². The van der Waals surface area contributed by atoms with Crippen molar-refractivity contribution in [2.45, 2.75) is 0 Å². The predicted molar refractivity (Wildman–Crippen MR) is 38.5 cm³/mol. The third kappa shape index (κ3) is 1.61. The summed E-state index contributed by atoms with van der Waals surface area (Å²) in [5.41, 5.74) is 7.01. The molecule has 0 aliphatic heterocycles. The van der Waals surface area contributed by atoms with Crippen LogP contribution in [0.25, 0.3) is 5.73 Å². The fourth-order valence-electron chi connectivity index (χ4n) is 0.603. The van der Waals surface area contributed by atoms with Crippen LogP contribution in [0.3, 0.4) is 0 Å². The Hall–Kier alpha value is -1.70. The lowest BCUT2D eigenvalue weighted by molar-refractivity contribution is -0.754. The summed E-state index contributed by atoms with van der Waals surface area (Å²) in [5, 5.41) is 5.16. The van der Waals surface area contributed by atoms with Gasteiger partial charge in [0.1, 0.15) is 12.4 Å². The zero-order valence-electron chi connectivity index (χ0n) is 6.11. The van der Waals surface area contributed by atoms with Crippen LogP contribution in [0.4, 0.5) is 5.88 Å². The molecule has 58 valence electrons. The summed E-state index contributed by atoms with van der Waals surface area (Å²) < 4.78 is 4.50. The van der Waals surface area contributed by atoms with E-state index in [1.807, 2.05) is 0 Å². The van der Waals surface area contributed by atoms with E-state index < -0.39 is 0 Å². The van der Waals surface area contributed by atoms with Crippen molar-refractivity contribution in [1.82, 2.24) is 5.27 Å². The predicted octanol–water partition coefficient (Wildman–Crippen LogP) is -0.153. The Morgan fingerprint density at radius 2 is 2.73 bits per heavy atom. The molecule has 5 nitrogen and oxygen atoms in total. The molecule has 11 heavy (non-hydrogen) atoms. The number of hydrogen-bond donors (Lipinski definition) is 0. The largest absolute Gasteiger partial charge is 0.660 e. The van der Waals surface area contributed by atoms with E-state index in [1.165, 1.54) is 11.0 Å². The fraction of sp³-hybridized carbons (Fsp3) is 0.333. The Morgan fingerprint density at radius 3 is 3.18 bits per heavy atom. The lowest BCUT2D eigenvalue weighted by Crippen LogP contribution is -2.56. The van der Waals surface area contributed by atoms with E-state index in [0.29, 0.717) is 6.54 Å². The van der Waals surface area contributed by atoms with E-state index in [4.69, 9.17) is 12.2 Å². The van der Waals surface area contributed by atoms with Gasteiger partial charge in [0.25, 0.3) is 6.20 Å². The molecule has 0 unspecified atom stereocenters. The molecule has 0 aliphatic carbocycles. The van der Waals surface area contributed by atoms with Gasteiger partial charge in [0, 0.05) is 0 Å². The fourth-order valence-corrected chi connectivity index (χ4v) is 0.603. The van der Waals surface area contributed by atoms with Gasteiger partial charge in [-0.25, -0.2) is 0 Å². The highest BCUT2D eigenvalue weighted by molar-refractivity contribution is 5.19. The lowest BCUT2D eigenvalue weighted by atomic mass is 10.7. The van der Waals surface area contributed by atoms with Gasteiger partial charge in [-0.1, -0.05) is 5.92 Å². The molecule has 0 radical (unpaired) electrons. The van der Waals surface area contributed by atoms with Gasteiger partial charge >= 0.3 is 0 Å². The molecule has 0 saturated heterocycles. The van der Waals surface area contributed by atoms with E-state index in [9.17, 15) is 0 Å². The summed E-state index contributed by atoms with van der Waals surface area (Å²) >= 11 is 0. The average Bonchev–Trinajstić information content (AvgIpc) is 2.36. The molecule has 1 heterocycles. The summed E-state index contributed by atoms with van der Waals surface area (Å²) in [6.45, 7) is 0.427. The van der Waals surface area contributed by atoms with Crippen LogP contribution < -0.4 is 9.80 Å². The van der Waals surface area contributed by atoms with Crippen LogP contribution in [0.1, 0.15) is 0 Å². The van der Waals surface area contributed by atoms with E-state index in [0.717, 1.165) is 0 Å². The maximum atomic E-state index is 7.01. The first-order chi connectivity index (χ1) is 5.24. The molecule has 0 amide bonds. The van der Waals surface area contributed by atoms with Crippen molar-refractivity contribution < 1.29 is 9.31 Å². The standard InChI is InChI=1S/C6H8N4O/c1-3-4-9(2)10-5-6(7)11-8-10/h1,5,7H,4H2,2H3. The number of aromatic nitrogens is 2. The van der Waals surface area contributed by atoms with E-state index in [1.54, 1.807) is 12.1 Å². The summed E-state index contributed by atoms with van der Waals surface area (Å²) in [7, 11) is 1.75. The third-order valence-corrected chi connectivity index (χ3v) is 1.13. The molecule has 0 spiro atoms. The second-order valence-corrected chi connectivity index (χ2v) is 2.01. The minimum Gasteiger partial charge on any atom is -0.660 e. The second kappa shape index (κ2) is 2.92. The zero-order valence-corrected chi connectivity index (χ0v) is 6.11. The molecule has 1 N–H and O–H groups in total. The van der Waals surface area contributed by atoms with Crippen molar-refractivity contribution in [2.75, 3.05) is 18.6 Å². The molecule has 0 saturated carbocycles. The lowest BCUT2D eigenvalue weighted by Gasteiger charge is -2.00. The van der Waals surface area contributed by atoms with Crippen molar-refractivity contribution in [2.24, 2.45) is 0 Å². The first-order valence-corrected chi connectivity index (χ1v) is 2.99.